The van der Waals surface area contributed by atoms with Gasteiger partial charge in [0.05, 0.1) is 5.25 Å². The molecule has 28 heavy (non-hydrogen) atoms. The van der Waals surface area contributed by atoms with Gasteiger partial charge in [0.1, 0.15) is 0 Å². The van der Waals surface area contributed by atoms with Gasteiger partial charge in [-0.2, -0.15) is 0 Å². The van der Waals surface area contributed by atoms with Crippen molar-refractivity contribution in [1.29, 1.82) is 0 Å². The molecule has 2 aromatic heterocycles. The maximum absolute atomic E-state index is 6.17. The van der Waals surface area contributed by atoms with Gasteiger partial charge in [-0.05, 0) is 43.7 Å². The fraction of sp³-hybridized carbons (Fsp3) is 0.158. The lowest BCUT2D eigenvalue weighted by Gasteiger charge is -2.04. The molecule has 0 fully saturated rings. The van der Waals surface area contributed by atoms with E-state index in [1.54, 1.807) is 0 Å². The zero-order chi connectivity index (χ0) is 19.5. The number of benzene rings is 2. The molecule has 2 aromatic carbocycles. The van der Waals surface area contributed by atoms with Crippen LogP contribution in [0.1, 0.15) is 23.6 Å². The molecule has 9 heteroatoms. The second-order valence-electron chi connectivity index (χ2n) is 6.03. The second-order valence-corrected chi connectivity index (χ2v) is 9.01. The number of thioether (sulfide) groups is 1. The van der Waals surface area contributed by atoms with Crippen molar-refractivity contribution in [2.45, 2.75) is 23.4 Å². The van der Waals surface area contributed by atoms with Crippen molar-refractivity contribution in [1.82, 2.24) is 20.4 Å². The molecule has 0 aliphatic carbocycles. The van der Waals surface area contributed by atoms with Crippen LogP contribution < -0.4 is 5.32 Å². The number of rotatable bonds is 6. The van der Waals surface area contributed by atoms with Gasteiger partial charge in [0.15, 0.2) is 4.34 Å². The first-order valence-electron chi connectivity index (χ1n) is 8.50. The maximum Gasteiger partial charge on any atom is 0.247 e. The molecule has 4 rings (SSSR count). The van der Waals surface area contributed by atoms with E-state index in [9.17, 15) is 0 Å². The molecule has 0 aliphatic heterocycles. The van der Waals surface area contributed by atoms with Crippen LogP contribution in [0.5, 0.6) is 0 Å². The second kappa shape index (κ2) is 8.30. The van der Waals surface area contributed by atoms with Crippen LogP contribution in [0.3, 0.4) is 0 Å². The first-order chi connectivity index (χ1) is 13.6. The van der Waals surface area contributed by atoms with Crippen LogP contribution in [0.2, 0.25) is 5.02 Å². The van der Waals surface area contributed by atoms with Crippen LogP contribution >= 0.6 is 34.7 Å². The molecule has 0 amide bonds. The summed E-state index contributed by atoms with van der Waals surface area (Å²) >= 11 is 9.15. The number of hydrogen-bond donors (Lipinski definition) is 1. The minimum atomic E-state index is -0.0421. The summed E-state index contributed by atoms with van der Waals surface area (Å²) in [5, 5.41) is 21.3. The summed E-state index contributed by atoms with van der Waals surface area (Å²) in [4.78, 5) is 0. The molecule has 142 valence electrons. The minimum absolute atomic E-state index is 0.0421. The number of nitrogens with zero attached hydrogens (tertiary/aromatic N) is 4. The van der Waals surface area contributed by atoms with Gasteiger partial charge >= 0.3 is 0 Å². The van der Waals surface area contributed by atoms with E-state index in [-0.39, 0.29) is 5.25 Å². The number of halogens is 1. The predicted octanol–water partition coefficient (Wildman–Crippen LogP) is 6.15. The summed E-state index contributed by atoms with van der Waals surface area (Å²) in [6, 6.07) is 15.5. The average molecular weight is 430 g/mol. The summed E-state index contributed by atoms with van der Waals surface area (Å²) in [6.07, 6.45) is 0. The molecule has 0 saturated carbocycles. The monoisotopic (exact) mass is 429 g/mol. The topological polar surface area (TPSA) is 76.7 Å². The minimum Gasteiger partial charge on any atom is -0.419 e. The van der Waals surface area contributed by atoms with Crippen molar-refractivity contribution in [3.8, 4) is 11.5 Å². The van der Waals surface area contributed by atoms with Gasteiger partial charge in [-0.15, -0.1) is 20.4 Å². The summed E-state index contributed by atoms with van der Waals surface area (Å²) in [7, 11) is 0. The highest BCUT2D eigenvalue weighted by atomic mass is 35.5. The molecular formula is C19H16ClN5OS2. The zero-order valence-corrected chi connectivity index (χ0v) is 17.5. The van der Waals surface area contributed by atoms with Gasteiger partial charge < -0.3 is 9.73 Å². The van der Waals surface area contributed by atoms with Crippen LogP contribution in [-0.4, -0.2) is 20.4 Å². The zero-order valence-electron chi connectivity index (χ0n) is 15.1. The van der Waals surface area contributed by atoms with E-state index in [1.165, 1.54) is 23.1 Å². The molecule has 1 unspecified atom stereocenters. The van der Waals surface area contributed by atoms with E-state index in [0.29, 0.717) is 21.9 Å². The van der Waals surface area contributed by atoms with Gasteiger partial charge in [0.2, 0.25) is 16.9 Å². The largest absolute Gasteiger partial charge is 0.419 e. The summed E-state index contributed by atoms with van der Waals surface area (Å²) in [5.41, 5.74) is 2.81. The first-order valence-corrected chi connectivity index (χ1v) is 10.6. The SMILES string of the molecule is Cc1ccc(Nc2nnc(SC(C)c3nnc(-c4ccccc4)o3)s2)cc1Cl. The Hall–Kier alpha value is -2.42. The fourth-order valence-corrected chi connectivity index (χ4v) is 4.53. The molecule has 4 aromatic rings. The maximum atomic E-state index is 6.17. The Morgan fingerprint density at radius 1 is 1.07 bits per heavy atom. The number of aromatic nitrogens is 4. The quantitative estimate of drug-likeness (QED) is 0.368. The van der Waals surface area contributed by atoms with Crippen molar-refractivity contribution in [2.24, 2.45) is 0 Å². The van der Waals surface area contributed by atoms with Crippen LogP contribution in [0.4, 0.5) is 10.8 Å². The average Bonchev–Trinajstić information content (AvgIpc) is 3.35. The first kappa shape index (κ1) is 18.9. The van der Waals surface area contributed by atoms with Crippen LogP contribution in [0.15, 0.2) is 57.3 Å². The van der Waals surface area contributed by atoms with Crippen molar-refractivity contribution in [3.63, 3.8) is 0 Å². The van der Waals surface area contributed by atoms with Crippen molar-refractivity contribution < 1.29 is 4.42 Å². The van der Waals surface area contributed by atoms with E-state index in [0.717, 1.165) is 21.2 Å². The lowest BCUT2D eigenvalue weighted by atomic mass is 10.2. The Labute approximate surface area is 175 Å². The third kappa shape index (κ3) is 4.35. The van der Waals surface area contributed by atoms with E-state index in [4.69, 9.17) is 16.0 Å². The molecule has 2 heterocycles. The Morgan fingerprint density at radius 3 is 2.68 bits per heavy atom. The van der Waals surface area contributed by atoms with E-state index in [2.05, 4.69) is 25.7 Å². The van der Waals surface area contributed by atoms with Gasteiger partial charge in [-0.1, -0.05) is 59.0 Å². The van der Waals surface area contributed by atoms with Crippen molar-refractivity contribution >= 4 is 45.5 Å². The standard InChI is InChI=1S/C19H16ClN5OS2/c1-11-8-9-14(10-15(11)20)21-18-24-25-19(28-18)27-12(2)16-22-23-17(26-16)13-6-4-3-5-7-13/h3-10,12H,1-2H3,(H,21,24). The molecule has 1 N–H and O–H groups in total. The van der Waals surface area contributed by atoms with Crippen LogP contribution in [0, 0.1) is 6.92 Å². The third-order valence-electron chi connectivity index (χ3n) is 3.92. The summed E-state index contributed by atoms with van der Waals surface area (Å²) in [6.45, 7) is 3.97. The van der Waals surface area contributed by atoms with E-state index in [1.807, 2.05) is 62.4 Å². The predicted molar refractivity (Wildman–Crippen MR) is 113 cm³/mol. The van der Waals surface area contributed by atoms with Gasteiger partial charge in [0, 0.05) is 16.3 Å². The lowest BCUT2D eigenvalue weighted by Crippen LogP contribution is -1.89. The van der Waals surface area contributed by atoms with Gasteiger partial charge in [0.25, 0.3) is 0 Å². The van der Waals surface area contributed by atoms with Gasteiger partial charge in [-0.25, -0.2) is 0 Å². The Bertz CT molecular complexity index is 1080. The lowest BCUT2D eigenvalue weighted by molar-refractivity contribution is 0.509. The van der Waals surface area contributed by atoms with Gasteiger partial charge in [-0.3, -0.25) is 0 Å². The summed E-state index contributed by atoms with van der Waals surface area (Å²) < 4.78 is 6.63. The fourth-order valence-electron chi connectivity index (χ4n) is 2.40. The molecule has 6 nitrogen and oxygen atoms in total. The van der Waals surface area contributed by atoms with E-state index >= 15 is 0 Å². The number of aryl methyl sites for hydroxylation is 1. The van der Waals surface area contributed by atoms with Crippen molar-refractivity contribution in [2.75, 3.05) is 5.32 Å². The Kier molecular flexibility index (Phi) is 5.61. The Morgan fingerprint density at radius 2 is 1.89 bits per heavy atom. The molecule has 0 radical (unpaired) electrons. The molecular weight excluding hydrogens is 414 g/mol. The van der Waals surface area contributed by atoms with E-state index < -0.39 is 0 Å². The molecule has 0 saturated heterocycles. The molecule has 0 aliphatic rings. The molecule has 0 spiro atoms. The van der Waals surface area contributed by atoms with Crippen molar-refractivity contribution in [3.05, 3.63) is 65.0 Å². The highest BCUT2D eigenvalue weighted by Crippen LogP contribution is 2.38. The third-order valence-corrected chi connectivity index (χ3v) is 6.33. The number of anilines is 2. The summed E-state index contributed by atoms with van der Waals surface area (Å²) in [5.74, 6) is 1.07. The highest BCUT2D eigenvalue weighted by molar-refractivity contribution is 8.01. The smallest absolute Gasteiger partial charge is 0.247 e. The van der Waals surface area contributed by atoms with Crippen LogP contribution in [-0.2, 0) is 0 Å². The Balaban J connectivity index is 1.42. The number of hydrogen-bond acceptors (Lipinski definition) is 8. The molecule has 1 atom stereocenters. The molecule has 0 bridgehead atoms. The normalized spacial score (nSPS) is 12.1. The van der Waals surface area contributed by atoms with Crippen LogP contribution in [0.25, 0.3) is 11.5 Å². The number of nitrogens with one attached hydrogen (secondary N) is 1. The highest BCUT2D eigenvalue weighted by Gasteiger charge is 2.18.